The van der Waals surface area contributed by atoms with Crippen LogP contribution in [0.1, 0.15) is 34.8 Å². The lowest BCUT2D eigenvalue weighted by atomic mass is 10.1. The van der Waals surface area contributed by atoms with E-state index in [2.05, 4.69) is 10.3 Å². The lowest BCUT2D eigenvalue weighted by Crippen LogP contribution is -2.29. The molecule has 0 bridgehead atoms. The Hall–Kier alpha value is -3.91. The summed E-state index contributed by atoms with van der Waals surface area (Å²) in [7, 11) is 3.35. The van der Waals surface area contributed by atoms with Gasteiger partial charge in [-0.05, 0) is 55.8 Å². The molecule has 8 nitrogen and oxygen atoms in total. The maximum atomic E-state index is 13.2. The van der Waals surface area contributed by atoms with Gasteiger partial charge in [0.05, 0.1) is 23.8 Å². The third kappa shape index (κ3) is 3.65. The maximum absolute atomic E-state index is 13.2. The molecule has 2 aromatic carbocycles. The standard InChI is InChI=1S/C24H24N4O4/c1-14-11-12-28(19-7-5-6-8-20(19)32-4)24(31)21(14)23(30)25-16-9-10-18-17(13-16)26-22(15(2)29)27(18)3/h5-13,15,29H,1-4H3,(H,25,30). The number of anilines is 1. The second kappa shape index (κ2) is 8.32. The number of rotatable bonds is 5. The number of benzene rings is 2. The topological polar surface area (TPSA) is 98.4 Å². The number of pyridine rings is 1. The number of ether oxygens (including phenoxy) is 1. The van der Waals surface area contributed by atoms with Gasteiger partial charge in [0.15, 0.2) is 0 Å². The third-order valence-electron chi connectivity index (χ3n) is 5.42. The number of aliphatic hydroxyl groups is 1. The fourth-order valence-corrected chi connectivity index (χ4v) is 3.78. The average Bonchev–Trinajstić information content (AvgIpc) is 3.10. The summed E-state index contributed by atoms with van der Waals surface area (Å²) in [5, 5.41) is 12.7. The highest BCUT2D eigenvalue weighted by Gasteiger charge is 2.19. The average molecular weight is 432 g/mol. The summed E-state index contributed by atoms with van der Waals surface area (Å²) in [5.41, 5.74) is 2.69. The highest BCUT2D eigenvalue weighted by molar-refractivity contribution is 6.05. The van der Waals surface area contributed by atoms with Gasteiger partial charge in [-0.15, -0.1) is 0 Å². The van der Waals surface area contributed by atoms with Gasteiger partial charge in [0.2, 0.25) is 0 Å². The first-order chi connectivity index (χ1) is 15.3. The Morgan fingerprint density at radius 3 is 2.66 bits per heavy atom. The summed E-state index contributed by atoms with van der Waals surface area (Å²) < 4.78 is 8.57. The lowest BCUT2D eigenvalue weighted by Gasteiger charge is -2.13. The predicted molar refractivity (Wildman–Crippen MR) is 123 cm³/mol. The number of aromatic nitrogens is 3. The number of carbonyl (C=O) groups excluding carboxylic acids is 1. The van der Waals surface area contributed by atoms with Crippen molar-refractivity contribution < 1.29 is 14.6 Å². The summed E-state index contributed by atoms with van der Waals surface area (Å²) >= 11 is 0. The highest BCUT2D eigenvalue weighted by Crippen LogP contribution is 2.24. The van der Waals surface area contributed by atoms with Gasteiger partial charge in [0.25, 0.3) is 11.5 Å². The number of amides is 1. The maximum Gasteiger partial charge on any atom is 0.268 e. The second-order valence-electron chi connectivity index (χ2n) is 7.58. The van der Waals surface area contributed by atoms with Crippen LogP contribution in [0.15, 0.2) is 59.5 Å². The van der Waals surface area contributed by atoms with Crippen LogP contribution in [0.3, 0.4) is 0 Å². The van der Waals surface area contributed by atoms with Crippen molar-refractivity contribution in [2.75, 3.05) is 12.4 Å². The fraction of sp³-hybridized carbons (Fsp3) is 0.208. The smallest absolute Gasteiger partial charge is 0.268 e. The number of nitrogens with one attached hydrogen (secondary N) is 1. The zero-order chi connectivity index (χ0) is 23.0. The Morgan fingerprint density at radius 2 is 1.94 bits per heavy atom. The fourth-order valence-electron chi connectivity index (χ4n) is 3.78. The van der Waals surface area contributed by atoms with Gasteiger partial charge in [-0.2, -0.15) is 0 Å². The lowest BCUT2D eigenvalue weighted by molar-refractivity contribution is 0.102. The first-order valence-electron chi connectivity index (χ1n) is 10.1. The molecule has 2 aromatic heterocycles. The molecule has 1 amide bonds. The molecule has 0 saturated carbocycles. The van der Waals surface area contributed by atoms with E-state index in [1.165, 1.54) is 11.7 Å². The molecule has 0 aliphatic heterocycles. The molecule has 4 aromatic rings. The van der Waals surface area contributed by atoms with Crippen molar-refractivity contribution in [1.29, 1.82) is 0 Å². The molecule has 0 aliphatic rings. The Kier molecular flexibility index (Phi) is 5.54. The number of carbonyl (C=O) groups is 1. The Morgan fingerprint density at radius 1 is 1.19 bits per heavy atom. The van der Waals surface area contributed by atoms with E-state index in [9.17, 15) is 14.7 Å². The zero-order valence-electron chi connectivity index (χ0n) is 18.3. The number of hydrogen-bond acceptors (Lipinski definition) is 5. The van der Waals surface area contributed by atoms with Crippen LogP contribution in [0.2, 0.25) is 0 Å². The minimum Gasteiger partial charge on any atom is -0.495 e. The predicted octanol–water partition coefficient (Wildman–Crippen LogP) is 3.35. The minimum atomic E-state index is -0.717. The van der Waals surface area contributed by atoms with Crippen LogP contribution in [0, 0.1) is 6.92 Å². The molecule has 1 atom stereocenters. The normalized spacial score (nSPS) is 12.0. The molecule has 32 heavy (non-hydrogen) atoms. The molecule has 0 spiro atoms. The molecule has 0 saturated heterocycles. The summed E-state index contributed by atoms with van der Waals surface area (Å²) in [6.45, 7) is 3.37. The van der Waals surface area contributed by atoms with Crippen LogP contribution in [-0.2, 0) is 7.05 Å². The molecule has 1 unspecified atom stereocenters. The van der Waals surface area contributed by atoms with Gasteiger partial charge in [-0.3, -0.25) is 14.2 Å². The number of imidazole rings is 1. The molecular weight excluding hydrogens is 408 g/mol. The molecule has 0 fully saturated rings. The van der Waals surface area contributed by atoms with Crippen LogP contribution in [-0.4, -0.2) is 32.2 Å². The van der Waals surface area contributed by atoms with Gasteiger partial charge in [0.1, 0.15) is 23.2 Å². The number of hydrogen-bond donors (Lipinski definition) is 2. The third-order valence-corrected chi connectivity index (χ3v) is 5.42. The number of methoxy groups -OCH3 is 1. The van der Waals surface area contributed by atoms with Crippen molar-refractivity contribution in [3.8, 4) is 11.4 Å². The van der Waals surface area contributed by atoms with Gasteiger partial charge >= 0.3 is 0 Å². The minimum absolute atomic E-state index is 0.0455. The van der Waals surface area contributed by atoms with Gasteiger partial charge < -0.3 is 19.7 Å². The second-order valence-corrected chi connectivity index (χ2v) is 7.58. The van der Waals surface area contributed by atoms with Crippen LogP contribution in [0.5, 0.6) is 5.75 Å². The van der Waals surface area contributed by atoms with E-state index in [0.717, 1.165) is 5.52 Å². The van der Waals surface area contributed by atoms with Gasteiger partial charge in [-0.1, -0.05) is 12.1 Å². The number of aliphatic hydroxyl groups excluding tert-OH is 1. The number of aryl methyl sites for hydroxylation is 2. The number of fused-ring (bicyclic) bond motifs is 1. The molecule has 2 heterocycles. The Balaban J connectivity index is 1.72. The first kappa shape index (κ1) is 21.3. The van der Waals surface area contributed by atoms with Crippen LogP contribution >= 0.6 is 0 Å². The summed E-state index contributed by atoms with van der Waals surface area (Å²) in [6, 6.07) is 14.1. The van der Waals surface area contributed by atoms with E-state index < -0.39 is 17.6 Å². The molecular formula is C24H24N4O4. The Labute approximate surface area is 184 Å². The molecule has 4 rings (SSSR count). The van der Waals surface area contributed by atoms with Gasteiger partial charge in [-0.25, -0.2) is 4.98 Å². The van der Waals surface area contributed by atoms with Crippen molar-refractivity contribution >= 4 is 22.6 Å². The first-order valence-corrected chi connectivity index (χ1v) is 10.1. The molecule has 0 radical (unpaired) electrons. The van der Waals surface area contributed by atoms with Gasteiger partial charge in [0, 0.05) is 18.9 Å². The summed E-state index contributed by atoms with van der Waals surface area (Å²) in [6.07, 6.45) is 0.912. The molecule has 0 aliphatic carbocycles. The van der Waals surface area contributed by atoms with E-state index in [1.54, 1.807) is 61.0 Å². The van der Waals surface area contributed by atoms with E-state index in [4.69, 9.17) is 4.74 Å². The Bertz CT molecular complexity index is 1380. The molecule has 2 N–H and O–H groups in total. The van der Waals surface area contributed by atoms with E-state index in [-0.39, 0.29) is 5.56 Å². The van der Waals surface area contributed by atoms with Crippen molar-refractivity contribution in [1.82, 2.24) is 14.1 Å². The van der Waals surface area contributed by atoms with Crippen molar-refractivity contribution in [3.05, 3.63) is 82.0 Å². The molecule has 8 heteroatoms. The summed E-state index contributed by atoms with van der Waals surface area (Å²) in [4.78, 5) is 30.8. The zero-order valence-corrected chi connectivity index (χ0v) is 18.3. The van der Waals surface area contributed by atoms with E-state index >= 15 is 0 Å². The van der Waals surface area contributed by atoms with Crippen molar-refractivity contribution in [2.24, 2.45) is 7.05 Å². The largest absolute Gasteiger partial charge is 0.495 e. The summed E-state index contributed by atoms with van der Waals surface area (Å²) in [5.74, 6) is 0.546. The van der Waals surface area contributed by atoms with Crippen LogP contribution in [0.25, 0.3) is 16.7 Å². The van der Waals surface area contributed by atoms with E-state index in [0.29, 0.717) is 34.0 Å². The van der Waals surface area contributed by atoms with Crippen LogP contribution < -0.4 is 15.6 Å². The quantitative estimate of drug-likeness (QED) is 0.504. The highest BCUT2D eigenvalue weighted by atomic mass is 16.5. The van der Waals surface area contributed by atoms with Crippen LogP contribution in [0.4, 0.5) is 5.69 Å². The SMILES string of the molecule is COc1ccccc1-n1ccc(C)c(C(=O)Nc2ccc3c(c2)nc(C(C)O)n3C)c1=O. The van der Waals surface area contributed by atoms with E-state index in [1.807, 2.05) is 19.2 Å². The molecule has 164 valence electrons. The van der Waals surface area contributed by atoms with Crippen molar-refractivity contribution in [3.63, 3.8) is 0 Å². The van der Waals surface area contributed by atoms with Crippen molar-refractivity contribution in [2.45, 2.75) is 20.0 Å². The monoisotopic (exact) mass is 432 g/mol. The number of para-hydroxylation sites is 2. The number of nitrogens with zero attached hydrogens (tertiary/aromatic N) is 3.